The molecule has 0 aliphatic carbocycles. The van der Waals surface area contributed by atoms with Gasteiger partial charge in [0.25, 0.3) is 0 Å². The number of rotatable bonds is 2. The van der Waals surface area contributed by atoms with E-state index in [1.165, 1.54) is 0 Å². The number of nitrogens with zero attached hydrogens (tertiary/aromatic N) is 2. The molecule has 3 nitrogen and oxygen atoms in total. The summed E-state index contributed by atoms with van der Waals surface area (Å²) in [4.78, 5) is 8.50. The van der Waals surface area contributed by atoms with Gasteiger partial charge in [-0.25, -0.2) is 9.97 Å². The average molecular weight is 263 g/mol. The van der Waals surface area contributed by atoms with Crippen molar-refractivity contribution in [2.24, 2.45) is 0 Å². The summed E-state index contributed by atoms with van der Waals surface area (Å²) < 4.78 is 5.44. The van der Waals surface area contributed by atoms with E-state index < -0.39 is 0 Å². The number of ether oxygens (including phenoxy) is 1. The summed E-state index contributed by atoms with van der Waals surface area (Å²) >= 11 is 5.99. The molecule has 0 amide bonds. The van der Waals surface area contributed by atoms with E-state index in [-0.39, 0.29) is 0 Å². The van der Waals surface area contributed by atoms with Gasteiger partial charge in [-0.15, -0.1) is 0 Å². The summed E-state index contributed by atoms with van der Waals surface area (Å²) in [7, 11) is 1.66. The normalized spacial score (nSPS) is 10.5. The van der Waals surface area contributed by atoms with Crippen molar-refractivity contribution in [3.8, 4) is 17.0 Å². The first-order chi connectivity index (χ1) is 8.51. The molecule has 0 radical (unpaired) electrons. The van der Waals surface area contributed by atoms with Crippen molar-refractivity contribution >= 4 is 11.6 Å². The smallest absolute Gasteiger partial charge is 0.133 e. The number of halogens is 1. The standard InChI is InChI=1S/C14H15ClN2O/c1-8-5-9(2)14(12(6-8)18-4)11-7-13(15)17-10(3)16-11/h5-7H,1-4H3. The molecule has 0 saturated heterocycles. The number of aromatic nitrogens is 2. The molecular formula is C14H15ClN2O. The summed E-state index contributed by atoms with van der Waals surface area (Å²) in [6.07, 6.45) is 0. The van der Waals surface area contributed by atoms with Gasteiger partial charge in [0.2, 0.25) is 0 Å². The minimum atomic E-state index is 0.444. The highest BCUT2D eigenvalue weighted by Crippen LogP contribution is 2.33. The lowest BCUT2D eigenvalue weighted by molar-refractivity contribution is 0.415. The van der Waals surface area contributed by atoms with E-state index in [1.807, 2.05) is 26.8 Å². The average Bonchev–Trinajstić information content (AvgIpc) is 2.26. The highest BCUT2D eigenvalue weighted by molar-refractivity contribution is 6.29. The van der Waals surface area contributed by atoms with Crippen LogP contribution in [-0.2, 0) is 0 Å². The third-order valence-electron chi connectivity index (χ3n) is 2.73. The summed E-state index contributed by atoms with van der Waals surface area (Å²) in [6.45, 7) is 5.90. The maximum absolute atomic E-state index is 5.99. The minimum Gasteiger partial charge on any atom is -0.496 e. The van der Waals surface area contributed by atoms with Crippen LogP contribution in [0.15, 0.2) is 18.2 Å². The van der Waals surface area contributed by atoms with Crippen molar-refractivity contribution in [1.29, 1.82) is 0 Å². The topological polar surface area (TPSA) is 35.0 Å². The maximum atomic E-state index is 5.99. The van der Waals surface area contributed by atoms with Crippen molar-refractivity contribution in [3.05, 3.63) is 40.3 Å². The Hall–Kier alpha value is -1.61. The van der Waals surface area contributed by atoms with E-state index in [0.717, 1.165) is 28.1 Å². The molecule has 0 atom stereocenters. The van der Waals surface area contributed by atoms with Gasteiger partial charge in [0.15, 0.2) is 0 Å². The van der Waals surface area contributed by atoms with Crippen LogP contribution in [0.4, 0.5) is 0 Å². The molecule has 2 aromatic rings. The fraction of sp³-hybridized carbons (Fsp3) is 0.286. The second-order valence-corrected chi connectivity index (χ2v) is 4.67. The SMILES string of the molecule is COc1cc(C)cc(C)c1-c1cc(Cl)nc(C)n1. The van der Waals surface area contributed by atoms with Crippen LogP contribution in [0.3, 0.4) is 0 Å². The molecule has 1 heterocycles. The first-order valence-corrected chi connectivity index (χ1v) is 6.06. The number of methoxy groups -OCH3 is 1. The molecule has 4 heteroatoms. The summed E-state index contributed by atoms with van der Waals surface area (Å²) in [5, 5.41) is 0.444. The summed E-state index contributed by atoms with van der Waals surface area (Å²) in [6, 6.07) is 5.85. The van der Waals surface area contributed by atoms with Crippen LogP contribution in [0.1, 0.15) is 17.0 Å². The molecule has 0 N–H and O–H groups in total. The number of aryl methyl sites for hydroxylation is 3. The Morgan fingerprint density at radius 1 is 1.06 bits per heavy atom. The molecule has 94 valence electrons. The van der Waals surface area contributed by atoms with Crippen LogP contribution in [0.25, 0.3) is 11.3 Å². The van der Waals surface area contributed by atoms with Gasteiger partial charge in [-0.2, -0.15) is 0 Å². The Morgan fingerprint density at radius 3 is 2.39 bits per heavy atom. The monoisotopic (exact) mass is 262 g/mol. The first-order valence-electron chi connectivity index (χ1n) is 5.68. The third-order valence-corrected chi connectivity index (χ3v) is 2.92. The predicted octanol–water partition coefficient (Wildman–Crippen LogP) is 3.73. The zero-order chi connectivity index (χ0) is 13.3. The Labute approximate surface area is 112 Å². The van der Waals surface area contributed by atoms with Gasteiger partial charge < -0.3 is 4.74 Å². The Kier molecular flexibility index (Phi) is 3.53. The predicted molar refractivity (Wildman–Crippen MR) is 73.2 cm³/mol. The Bertz CT molecular complexity index is 576. The van der Waals surface area contributed by atoms with Crippen LogP contribution in [0, 0.1) is 20.8 Å². The van der Waals surface area contributed by atoms with Crippen molar-refractivity contribution in [2.75, 3.05) is 7.11 Å². The Morgan fingerprint density at radius 2 is 1.78 bits per heavy atom. The quantitative estimate of drug-likeness (QED) is 0.774. The van der Waals surface area contributed by atoms with E-state index in [1.54, 1.807) is 13.2 Å². The zero-order valence-electron chi connectivity index (χ0n) is 10.9. The molecule has 0 unspecified atom stereocenters. The fourth-order valence-corrected chi connectivity index (χ4v) is 2.30. The summed E-state index contributed by atoms with van der Waals surface area (Å²) in [5.74, 6) is 1.46. The molecule has 2 rings (SSSR count). The number of benzene rings is 1. The summed E-state index contributed by atoms with van der Waals surface area (Å²) in [5.41, 5.74) is 4.03. The van der Waals surface area contributed by atoms with Gasteiger partial charge in [-0.1, -0.05) is 17.7 Å². The van der Waals surface area contributed by atoms with E-state index in [4.69, 9.17) is 16.3 Å². The molecule has 0 aliphatic rings. The third kappa shape index (κ3) is 2.46. The van der Waals surface area contributed by atoms with Crippen LogP contribution in [0.2, 0.25) is 5.15 Å². The van der Waals surface area contributed by atoms with Gasteiger partial charge in [-0.3, -0.25) is 0 Å². The zero-order valence-corrected chi connectivity index (χ0v) is 11.7. The molecule has 0 saturated carbocycles. The van der Waals surface area contributed by atoms with Gasteiger partial charge >= 0.3 is 0 Å². The highest BCUT2D eigenvalue weighted by Gasteiger charge is 2.13. The van der Waals surface area contributed by atoms with Crippen molar-refractivity contribution in [2.45, 2.75) is 20.8 Å². The molecule has 1 aromatic heterocycles. The number of hydrogen-bond donors (Lipinski definition) is 0. The van der Waals surface area contributed by atoms with Gasteiger partial charge in [-0.05, 0) is 38.0 Å². The molecule has 0 fully saturated rings. The van der Waals surface area contributed by atoms with Crippen molar-refractivity contribution in [1.82, 2.24) is 9.97 Å². The minimum absolute atomic E-state index is 0.444. The van der Waals surface area contributed by atoms with Crippen LogP contribution in [0.5, 0.6) is 5.75 Å². The van der Waals surface area contributed by atoms with Crippen molar-refractivity contribution in [3.63, 3.8) is 0 Å². The molecule has 0 bridgehead atoms. The Balaban J connectivity index is 2.69. The van der Waals surface area contributed by atoms with E-state index >= 15 is 0 Å². The largest absolute Gasteiger partial charge is 0.496 e. The molecule has 1 aromatic carbocycles. The van der Waals surface area contributed by atoms with Gasteiger partial charge in [0, 0.05) is 11.6 Å². The van der Waals surface area contributed by atoms with Crippen molar-refractivity contribution < 1.29 is 4.74 Å². The lowest BCUT2D eigenvalue weighted by Gasteiger charge is -2.13. The molecular weight excluding hydrogens is 248 g/mol. The van der Waals surface area contributed by atoms with Crippen LogP contribution < -0.4 is 4.74 Å². The molecule has 0 spiro atoms. The maximum Gasteiger partial charge on any atom is 0.133 e. The lowest BCUT2D eigenvalue weighted by Crippen LogP contribution is -1.97. The van der Waals surface area contributed by atoms with Crippen LogP contribution in [-0.4, -0.2) is 17.1 Å². The fourth-order valence-electron chi connectivity index (χ4n) is 2.08. The van der Waals surface area contributed by atoms with E-state index in [9.17, 15) is 0 Å². The van der Waals surface area contributed by atoms with Gasteiger partial charge in [0.05, 0.1) is 12.8 Å². The number of hydrogen-bond acceptors (Lipinski definition) is 3. The van der Waals surface area contributed by atoms with E-state index in [0.29, 0.717) is 11.0 Å². The van der Waals surface area contributed by atoms with E-state index in [2.05, 4.69) is 16.0 Å². The van der Waals surface area contributed by atoms with Crippen LogP contribution >= 0.6 is 11.6 Å². The highest BCUT2D eigenvalue weighted by atomic mass is 35.5. The second kappa shape index (κ2) is 4.94. The lowest BCUT2D eigenvalue weighted by atomic mass is 10.0. The first kappa shape index (κ1) is 12.8. The van der Waals surface area contributed by atoms with Gasteiger partial charge in [0.1, 0.15) is 16.7 Å². The molecule has 0 aliphatic heterocycles. The molecule has 18 heavy (non-hydrogen) atoms. The second-order valence-electron chi connectivity index (χ2n) is 4.28.